The Kier molecular flexibility index (Phi) is 5.04. The quantitative estimate of drug-likeness (QED) is 0.785. The second kappa shape index (κ2) is 6.60. The van der Waals surface area contributed by atoms with E-state index in [-0.39, 0.29) is 17.0 Å². The number of carbonyl (C=O) groups excluding carboxylic acids is 1. The van der Waals surface area contributed by atoms with Crippen LogP contribution in [-0.4, -0.2) is 32.3 Å². The fourth-order valence-electron chi connectivity index (χ4n) is 2.89. The van der Waals surface area contributed by atoms with Crippen LogP contribution in [0.4, 0.5) is 0 Å². The van der Waals surface area contributed by atoms with E-state index >= 15 is 0 Å². The highest BCUT2D eigenvalue weighted by molar-refractivity contribution is 7.91. The van der Waals surface area contributed by atoms with Crippen molar-refractivity contribution in [3.8, 4) is 5.75 Å². The Labute approximate surface area is 126 Å². The lowest BCUT2D eigenvalue weighted by Gasteiger charge is -2.27. The van der Waals surface area contributed by atoms with Crippen LogP contribution in [0.25, 0.3) is 0 Å². The number of ketones is 1. The number of rotatable bonds is 5. The zero-order chi connectivity index (χ0) is 15.5. The summed E-state index contributed by atoms with van der Waals surface area (Å²) in [5.41, 5.74) is 0.637. The molecule has 21 heavy (non-hydrogen) atoms. The van der Waals surface area contributed by atoms with Crippen LogP contribution in [0.15, 0.2) is 24.3 Å². The second-order valence-electron chi connectivity index (χ2n) is 5.64. The van der Waals surface area contributed by atoms with Gasteiger partial charge in [-0.3, -0.25) is 4.79 Å². The molecule has 5 heteroatoms. The first-order valence-electron chi connectivity index (χ1n) is 7.37. The van der Waals surface area contributed by atoms with Crippen molar-refractivity contribution < 1.29 is 17.9 Å². The van der Waals surface area contributed by atoms with Crippen molar-refractivity contribution in [1.29, 1.82) is 0 Å². The zero-order valence-corrected chi connectivity index (χ0v) is 13.4. The summed E-state index contributed by atoms with van der Waals surface area (Å²) in [4.78, 5) is 12.5. The van der Waals surface area contributed by atoms with Gasteiger partial charge in [-0.05, 0) is 50.5 Å². The second-order valence-corrected chi connectivity index (χ2v) is 7.96. The van der Waals surface area contributed by atoms with Gasteiger partial charge in [0.05, 0.1) is 11.9 Å². The van der Waals surface area contributed by atoms with Crippen LogP contribution < -0.4 is 4.74 Å². The topological polar surface area (TPSA) is 60.4 Å². The van der Waals surface area contributed by atoms with Gasteiger partial charge in [0, 0.05) is 17.7 Å². The number of sulfone groups is 1. The first-order chi connectivity index (χ1) is 9.91. The molecule has 0 heterocycles. The highest BCUT2D eigenvalue weighted by atomic mass is 32.2. The van der Waals surface area contributed by atoms with Gasteiger partial charge in [-0.25, -0.2) is 8.42 Å². The lowest BCUT2D eigenvalue weighted by Crippen LogP contribution is -2.31. The molecule has 0 N–H and O–H groups in total. The van der Waals surface area contributed by atoms with Gasteiger partial charge in [0.1, 0.15) is 15.6 Å². The van der Waals surface area contributed by atoms with Crippen molar-refractivity contribution in [2.24, 2.45) is 5.92 Å². The molecule has 0 aliphatic heterocycles. The summed E-state index contributed by atoms with van der Waals surface area (Å²) in [5, 5.41) is -0.372. The number of hydrogen-bond acceptors (Lipinski definition) is 4. The zero-order valence-electron chi connectivity index (χ0n) is 12.5. The van der Waals surface area contributed by atoms with Crippen LogP contribution in [0.3, 0.4) is 0 Å². The predicted molar refractivity (Wildman–Crippen MR) is 82.5 cm³/mol. The van der Waals surface area contributed by atoms with Crippen molar-refractivity contribution in [3.05, 3.63) is 29.8 Å². The fourth-order valence-corrected chi connectivity index (χ4v) is 4.07. The molecular weight excluding hydrogens is 288 g/mol. The first kappa shape index (κ1) is 16.0. The third-order valence-electron chi connectivity index (χ3n) is 4.05. The molecule has 2 unspecified atom stereocenters. The number of Topliss-reactive ketones (excluding diaryl/α,β-unsaturated/α-hetero) is 1. The Morgan fingerprint density at radius 2 is 1.90 bits per heavy atom. The maximum absolute atomic E-state index is 12.5. The third kappa shape index (κ3) is 4.06. The van der Waals surface area contributed by atoms with Gasteiger partial charge in [0.25, 0.3) is 0 Å². The molecule has 0 amide bonds. The lowest BCUT2D eigenvalue weighted by atomic mass is 9.83. The maximum Gasteiger partial charge on any atom is 0.165 e. The molecule has 1 aromatic carbocycles. The molecule has 1 aliphatic rings. The van der Waals surface area contributed by atoms with Gasteiger partial charge >= 0.3 is 0 Å². The van der Waals surface area contributed by atoms with Crippen LogP contribution >= 0.6 is 0 Å². The van der Waals surface area contributed by atoms with Crippen molar-refractivity contribution in [2.45, 2.75) is 37.9 Å². The summed E-state index contributed by atoms with van der Waals surface area (Å²) in [6.45, 7) is 2.50. The third-order valence-corrected chi connectivity index (χ3v) is 5.69. The molecule has 2 atom stereocenters. The van der Waals surface area contributed by atoms with E-state index < -0.39 is 9.84 Å². The summed E-state index contributed by atoms with van der Waals surface area (Å²) in [7, 11) is -3.06. The predicted octanol–water partition coefficient (Wildman–Crippen LogP) is 2.87. The number of ether oxygens (including phenoxy) is 1. The smallest absolute Gasteiger partial charge is 0.165 e. The largest absolute Gasteiger partial charge is 0.494 e. The normalized spacial score (nSPS) is 22.8. The number of hydrogen-bond donors (Lipinski definition) is 0. The van der Waals surface area contributed by atoms with E-state index in [1.54, 1.807) is 24.3 Å². The van der Waals surface area contributed by atoms with E-state index in [2.05, 4.69) is 0 Å². The average molecular weight is 310 g/mol. The van der Waals surface area contributed by atoms with Gasteiger partial charge in [-0.2, -0.15) is 0 Å². The minimum Gasteiger partial charge on any atom is -0.494 e. The van der Waals surface area contributed by atoms with Crippen LogP contribution in [0, 0.1) is 5.92 Å². The molecule has 0 radical (unpaired) electrons. The van der Waals surface area contributed by atoms with Crippen molar-refractivity contribution in [2.75, 3.05) is 12.9 Å². The summed E-state index contributed by atoms with van der Waals surface area (Å²) in [6, 6.07) is 7.09. The maximum atomic E-state index is 12.5. The minimum absolute atomic E-state index is 0.0476. The van der Waals surface area contributed by atoms with Crippen molar-refractivity contribution in [1.82, 2.24) is 0 Å². The first-order valence-corrected chi connectivity index (χ1v) is 9.33. The minimum atomic E-state index is -3.06. The van der Waals surface area contributed by atoms with Crippen LogP contribution in [0.5, 0.6) is 5.75 Å². The van der Waals surface area contributed by atoms with E-state index in [0.717, 1.165) is 18.6 Å². The van der Waals surface area contributed by atoms with Crippen LogP contribution in [-0.2, 0) is 9.84 Å². The molecule has 0 saturated heterocycles. The Balaban J connectivity index is 2.08. The molecule has 4 nitrogen and oxygen atoms in total. The molecule has 1 aromatic rings. The molecule has 1 aliphatic carbocycles. The Morgan fingerprint density at radius 3 is 2.48 bits per heavy atom. The summed E-state index contributed by atoms with van der Waals surface area (Å²) in [6.07, 6.45) is 3.96. The average Bonchev–Trinajstić information content (AvgIpc) is 2.47. The molecule has 2 rings (SSSR count). The summed E-state index contributed by atoms with van der Waals surface area (Å²) >= 11 is 0. The lowest BCUT2D eigenvalue weighted by molar-refractivity contribution is 0.0891. The van der Waals surface area contributed by atoms with Gasteiger partial charge in [0.15, 0.2) is 5.78 Å². The van der Waals surface area contributed by atoms with Crippen LogP contribution in [0.2, 0.25) is 0 Å². The van der Waals surface area contributed by atoms with E-state index in [1.807, 2.05) is 6.92 Å². The van der Waals surface area contributed by atoms with E-state index in [4.69, 9.17) is 4.74 Å². The molecule has 1 fully saturated rings. The number of benzene rings is 1. The van der Waals surface area contributed by atoms with Gasteiger partial charge in [0.2, 0.25) is 0 Å². The Hall–Kier alpha value is -1.36. The molecule has 0 bridgehead atoms. The Bertz CT molecular complexity index is 589. The van der Waals surface area contributed by atoms with E-state index in [1.165, 1.54) is 6.26 Å². The molecular formula is C16H22O4S. The summed E-state index contributed by atoms with van der Waals surface area (Å²) < 4.78 is 28.7. The fraction of sp³-hybridized carbons (Fsp3) is 0.562. The SMILES string of the molecule is CCOc1ccc(C(=O)C2CCCC(S(C)(=O)=O)C2)cc1. The molecule has 1 saturated carbocycles. The molecule has 0 aromatic heterocycles. The molecule has 116 valence electrons. The molecule has 0 spiro atoms. The van der Waals surface area contributed by atoms with Gasteiger partial charge < -0.3 is 4.74 Å². The van der Waals surface area contributed by atoms with E-state index in [0.29, 0.717) is 25.0 Å². The van der Waals surface area contributed by atoms with Crippen molar-refractivity contribution >= 4 is 15.6 Å². The standard InChI is InChI=1S/C16H22O4S/c1-3-20-14-9-7-12(8-10-14)16(17)13-5-4-6-15(11-13)21(2,18)19/h7-10,13,15H,3-6,11H2,1-2H3. The highest BCUT2D eigenvalue weighted by Gasteiger charge is 2.32. The number of carbonyl (C=O) groups is 1. The Morgan fingerprint density at radius 1 is 1.24 bits per heavy atom. The van der Waals surface area contributed by atoms with Crippen molar-refractivity contribution in [3.63, 3.8) is 0 Å². The van der Waals surface area contributed by atoms with E-state index in [9.17, 15) is 13.2 Å². The van der Waals surface area contributed by atoms with Gasteiger partial charge in [-0.1, -0.05) is 6.42 Å². The monoisotopic (exact) mass is 310 g/mol. The van der Waals surface area contributed by atoms with Gasteiger partial charge in [-0.15, -0.1) is 0 Å². The highest BCUT2D eigenvalue weighted by Crippen LogP contribution is 2.31. The van der Waals surface area contributed by atoms with Crippen LogP contribution in [0.1, 0.15) is 43.0 Å². The summed E-state index contributed by atoms with van der Waals surface area (Å²) in [5.74, 6) is 0.606.